The predicted octanol–water partition coefficient (Wildman–Crippen LogP) is 4.31. The van der Waals surface area contributed by atoms with Gasteiger partial charge < -0.3 is 15.2 Å². The van der Waals surface area contributed by atoms with E-state index in [1.807, 2.05) is 45.0 Å². The topological polar surface area (TPSA) is 88.9 Å². The highest BCUT2D eigenvalue weighted by Crippen LogP contribution is 2.22. The number of benzene rings is 2. The molecular weight excluding hydrogens is 434 g/mol. The molecule has 0 atom stereocenters. The van der Waals surface area contributed by atoms with Crippen molar-refractivity contribution in [3.8, 4) is 0 Å². The molecule has 31 heavy (non-hydrogen) atoms. The quantitative estimate of drug-likeness (QED) is 0.516. The number of hydrogen-bond acceptors (Lipinski definition) is 5. The number of thioether (sulfide) groups is 1. The molecule has 2 aromatic carbocycles. The van der Waals surface area contributed by atoms with Crippen LogP contribution in [0.4, 0.5) is 11.4 Å². The van der Waals surface area contributed by atoms with E-state index in [1.165, 1.54) is 11.8 Å². The van der Waals surface area contributed by atoms with E-state index in [4.69, 9.17) is 11.6 Å². The Kier molecular flexibility index (Phi) is 7.35. The second kappa shape index (κ2) is 9.98. The molecular formula is C22H24ClN5O2S. The minimum Gasteiger partial charge on any atom is -0.326 e. The van der Waals surface area contributed by atoms with Crippen molar-refractivity contribution in [1.82, 2.24) is 14.8 Å². The van der Waals surface area contributed by atoms with Gasteiger partial charge >= 0.3 is 0 Å². The lowest BCUT2D eigenvalue weighted by Crippen LogP contribution is -2.17. The zero-order valence-corrected chi connectivity index (χ0v) is 19.4. The number of anilines is 2. The van der Waals surface area contributed by atoms with E-state index >= 15 is 0 Å². The number of aromatic nitrogens is 3. The first-order valence-corrected chi connectivity index (χ1v) is 11.0. The molecule has 3 rings (SSSR count). The van der Waals surface area contributed by atoms with E-state index in [1.54, 1.807) is 23.7 Å². The van der Waals surface area contributed by atoms with Gasteiger partial charge in [0, 0.05) is 23.4 Å². The van der Waals surface area contributed by atoms with Crippen molar-refractivity contribution in [2.24, 2.45) is 7.05 Å². The van der Waals surface area contributed by atoms with Crippen molar-refractivity contribution in [1.29, 1.82) is 0 Å². The number of hydrogen-bond donors (Lipinski definition) is 2. The Morgan fingerprint density at radius 2 is 1.71 bits per heavy atom. The van der Waals surface area contributed by atoms with Crippen molar-refractivity contribution in [2.45, 2.75) is 32.3 Å². The fourth-order valence-corrected chi connectivity index (χ4v) is 3.87. The molecule has 3 aromatic rings. The van der Waals surface area contributed by atoms with Gasteiger partial charge in [-0.2, -0.15) is 0 Å². The van der Waals surface area contributed by atoms with Crippen LogP contribution in [0.15, 0.2) is 41.6 Å². The summed E-state index contributed by atoms with van der Waals surface area (Å²) < 4.78 is 1.72. The highest BCUT2D eigenvalue weighted by atomic mass is 35.5. The molecule has 1 heterocycles. The summed E-state index contributed by atoms with van der Waals surface area (Å²) in [5.41, 5.74) is 4.43. The van der Waals surface area contributed by atoms with Gasteiger partial charge in [0.2, 0.25) is 11.8 Å². The molecule has 1 aromatic heterocycles. The molecule has 0 saturated carbocycles. The fraction of sp³-hybridized carbons (Fsp3) is 0.273. The van der Waals surface area contributed by atoms with Crippen LogP contribution in [0.3, 0.4) is 0 Å². The smallest absolute Gasteiger partial charge is 0.234 e. The van der Waals surface area contributed by atoms with E-state index in [0.29, 0.717) is 21.7 Å². The minimum absolute atomic E-state index is 0.0597. The molecule has 0 spiro atoms. The second-order valence-corrected chi connectivity index (χ2v) is 8.60. The Morgan fingerprint density at radius 1 is 1.00 bits per heavy atom. The third-order valence-corrected chi connectivity index (χ3v) is 6.20. The zero-order chi connectivity index (χ0) is 22.5. The van der Waals surface area contributed by atoms with Crippen molar-refractivity contribution in [3.63, 3.8) is 0 Å². The molecule has 0 radical (unpaired) electrons. The molecule has 162 valence electrons. The third kappa shape index (κ3) is 5.86. The molecule has 7 nitrogen and oxygen atoms in total. The average molecular weight is 458 g/mol. The number of nitrogens with zero attached hydrogens (tertiary/aromatic N) is 3. The standard InChI is InChI=1S/C22H24ClN5O2S/c1-13-8-9-16(10-17(13)23)24-19(29)11-18-26-27-22(28(18)4)31-12-20(30)25-21-14(2)6-5-7-15(21)3/h5-10H,11-12H2,1-4H3,(H,24,29)(H,25,30). The Bertz CT molecular complexity index is 1110. The highest BCUT2D eigenvalue weighted by molar-refractivity contribution is 7.99. The maximum atomic E-state index is 12.4. The van der Waals surface area contributed by atoms with Crippen molar-refractivity contribution in [2.75, 3.05) is 16.4 Å². The van der Waals surface area contributed by atoms with Crippen LogP contribution in [-0.2, 0) is 23.1 Å². The molecule has 0 aliphatic carbocycles. The van der Waals surface area contributed by atoms with Gasteiger partial charge in [-0.15, -0.1) is 10.2 Å². The number of para-hydroxylation sites is 1. The summed E-state index contributed by atoms with van der Waals surface area (Å²) in [7, 11) is 1.77. The fourth-order valence-electron chi connectivity index (χ4n) is 2.96. The maximum absolute atomic E-state index is 12.4. The maximum Gasteiger partial charge on any atom is 0.234 e. The van der Waals surface area contributed by atoms with Crippen LogP contribution in [0, 0.1) is 20.8 Å². The van der Waals surface area contributed by atoms with Gasteiger partial charge in [0.25, 0.3) is 0 Å². The van der Waals surface area contributed by atoms with E-state index in [2.05, 4.69) is 20.8 Å². The van der Waals surface area contributed by atoms with Crippen LogP contribution < -0.4 is 10.6 Å². The number of amides is 2. The van der Waals surface area contributed by atoms with E-state index in [9.17, 15) is 9.59 Å². The van der Waals surface area contributed by atoms with E-state index in [0.717, 1.165) is 22.4 Å². The SMILES string of the molecule is Cc1ccc(NC(=O)Cc2nnc(SCC(=O)Nc3c(C)cccc3C)n2C)cc1Cl. The molecule has 0 unspecified atom stereocenters. The van der Waals surface area contributed by atoms with Gasteiger partial charge in [-0.25, -0.2) is 0 Å². The monoisotopic (exact) mass is 457 g/mol. The lowest BCUT2D eigenvalue weighted by Gasteiger charge is -2.11. The van der Waals surface area contributed by atoms with E-state index < -0.39 is 0 Å². The van der Waals surface area contributed by atoms with Gasteiger partial charge in [-0.05, 0) is 49.6 Å². The predicted molar refractivity (Wildman–Crippen MR) is 125 cm³/mol. The summed E-state index contributed by atoms with van der Waals surface area (Å²) in [6.45, 7) is 5.82. The number of carbonyl (C=O) groups is 2. The molecule has 9 heteroatoms. The number of halogens is 1. The lowest BCUT2D eigenvalue weighted by atomic mass is 10.1. The largest absolute Gasteiger partial charge is 0.326 e. The van der Waals surface area contributed by atoms with Gasteiger partial charge in [0.15, 0.2) is 5.16 Å². The van der Waals surface area contributed by atoms with Crippen LogP contribution in [0.2, 0.25) is 5.02 Å². The minimum atomic E-state index is -0.222. The summed E-state index contributed by atoms with van der Waals surface area (Å²) in [6.07, 6.45) is 0.0597. The Hall–Kier alpha value is -2.84. The van der Waals surface area contributed by atoms with Crippen LogP contribution in [0.25, 0.3) is 0 Å². The lowest BCUT2D eigenvalue weighted by molar-refractivity contribution is -0.116. The summed E-state index contributed by atoms with van der Waals surface area (Å²) in [6, 6.07) is 11.2. The first kappa shape index (κ1) is 22.8. The molecule has 2 N–H and O–H groups in total. The van der Waals surface area contributed by atoms with Crippen LogP contribution in [-0.4, -0.2) is 32.3 Å². The number of aryl methyl sites for hydroxylation is 3. The highest BCUT2D eigenvalue weighted by Gasteiger charge is 2.15. The number of nitrogens with one attached hydrogen (secondary N) is 2. The van der Waals surface area contributed by atoms with Gasteiger partial charge in [0.05, 0.1) is 12.2 Å². The Labute approximate surface area is 190 Å². The summed E-state index contributed by atoms with van der Waals surface area (Å²) in [4.78, 5) is 24.7. The number of carbonyl (C=O) groups excluding carboxylic acids is 2. The van der Waals surface area contributed by atoms with Crippen molar-refractivity contribution >= 4 is 46.6 Å². The Balaban J connectivity index is 1.56. The average Bonchev–Trinajstić information content (AvgIpc) is 3.05. The van der Waals surface area contributed by atoms with Gasteiger partial charge in [-0.1, -0.05) is 47.6 Å². The molecule has 0 saturated heterocycles. The summed E-state index contributed by atoms with van der Waals surface area (Å²) in [5, 5.41) is 15.1. The summed E-state index contributed by atoms with van der Waals surface area (Å²) >= 11 is 7.37. The molecule has 2 amide bonds. The second-order valence-electron chi connectivity index (χ2n) is 7.25. The van der Waals surface area contributed by atoms with Gasteiger partial charge in [-0.3, -0.25) is 9.59 Å². The van der Waals surface area contributed by atoms with Crippen LogP contribution in [0.5, 0.6) is 0 Å². The first-order valence-electron chi connectivity index (χ1n) is 9.67. The van der Waals surface area contributed by atoms with E-state index in [-0.39, 0.29) is 24.0 Å². The van der Waals surface area contributed by atoms with Crippen molar-refractivity contribution < 1.29 is 9.59 Å². The zero-order valence-electron chi connectivity index (χ0n) is 17.8. The van der Waals surface area contributed by atoms with Crippen LogP contribution in [0.1, 0.15) is 22.5 Å². The third-order valence-electron chi connectivity index (χ3n) is 4.78. The van der Waals surface area contributed by atoms with Crippen molar-refractivity contribution in [3.05, 3.63) is 63.9 Å². The summed E-state index contributed by atoms with van der Waals surface area (Å²) in [5.74, 6) is 0.349. The number of rotatable bonds is 7. The molecule has 0 aliphatic heterocycles. The van der Waals surface area contributed by atoms with Crippen LogP contribution >= 0.6 is 23.4 Å². The Morgan fingerprint density at radius 3 is 2.39 bits per heavy atom. The molecule has 0 bridgehead atoms. The first-order chi connectivity index (χ1) is 14.7. The normalized spacial score (nSPS) is 10.7. The molecule has 0 fully saturated rings. The molecule has 0 aliphatic rings. The van der Waals surface area contributed by atoms with Gasteiger partial charge in [0.1, 0.15) is 5.82 Å².